The lowest BCUT2D eigenvalue weighted by atomic mass is 10.2. The zero-order valence-corrected chi connectivity index (χ0v) is 15.7. The number of nitrogens with one attached hydrogen (secondary N) is 2. The summed E-state index contributed by atoms with van der Waals surface area (Å²) in [4.78, 5) is 24.9. The third-order valence-corrected chi connectivity index (χ3v) is 5.14. The number of amidine groups is 2. The number of rotatable bonds is 3. The number of piperazine rings is 1. The Morgan fingerprint density at radius 1 is 1.04 bits per heavy atom. The molecule has 144 valence electrons. The van der Waals surface area contributed by atoms with Crippen LogP contribution in [0.5, 0.6) is 0 Å². The number of aromatic nitrogens is 4. The molecule has 10 heteroatoms. The molecule has 0 amide bonds. The van der Waals surface area contributed by atoms with Crippen molar-refractivity contribution in [2.24, 2.45) is 9.98 Å². The zero-order chi connectivity index (χ0) is 18.9. The van der Waals surface area contributed by atoms with Gasteiger partial charge in [0.1, 0.15) is 0 Å². The van der Waals surface area contributed by atoms with Crippen molar-refractivity contribution in [1.29, 1.82) is 0 Å². The van der Waals surface area contributed by atoms with Gasteiger partial charge in [0, 0.05) is 44.5 Å². The minimum absolute atomic E-state index is 0.709. The highest BCUT2D eigenvalue weighted by atomic mass is 15.3. The first-order valence-corrected chi connectivity index (χ1v) is 9.40. The lowest BCUT2D eigenvalue weighted by Gasteiger charge is -2.32. The summed E-state index contributed by atoms with van der Waals surface area (Å²) in [6.45, 7) is 5.52. The average Bonchev–Trinajstić information content (AvgIpc) is 3.42. The van der Waals surface area contributed by atoms with Gasteiger partial charge in [0.15, 0.2) is 11.7 Å². The molecule has 2 aromatic heterocycles. The Morgan fingerprint density at radius 3 is 2.61 bits per heavy atom. The predicted molar refractivity (Wildman–Crippen MR) is 108 cm³/mol. The van der Waals surface area contributed by atoms with Crippen molar-refractivity contribution in [2.75, 3.05) is 56.5 Å². The zero-order valence-electron chi connectivity index (χ0n) is 15.7. The first-order chi connectivity index (χ1) is 13.8. The highest BCUT2D eigenvalue weighted by Crippen LogP contribution is 2.25. The van der Waals surface area contributed by atoms with Crippen LogP contribution in [0.2, 0.25) is 0 Å². The molecule has 1 saturated heterocycles. The van der Waals surface area contributed by atoms with Crippen LogP contribution in [0, 0.1) is 0 Å². The standard InChI is InChI=1S/C18H22N10/c1-26-4-6-27(7-5-26)18-21-10-14(11-22-18)25-16-17-19-2-3-28(17)15(12-20-16)13-8-23-24-9-13/h8-12H,2-7H2,1H3,(H,20,25)(H,23,24). The van der Waals surface area contributed by atoms with Crippen molar-refractivity contribution >= 4 is 29.0 Å². The smallest absolute Gasteiger partial charge is 0.225 e. The fourth-order valence-electron chi connectivity index (χ4n) is 3.54. The highest BCUT2D eigenvalue weighted by Gasteiger charge is 2.29. The SMILES string of the molecule is CN1CCN(c2ncc(NC3=NC=C(c4cn[nH]c4)N4CCN=C34)cn2)CC1. The topological polar surface area (TPSA) is 101 Å². The van der Waals surface area contributed by atoms with Crippen molar-refractivity contribution in [2.45, 2.75) is 0 Å². The molecule has 3 aliphatic heterocycles. The van der Waals surface area contributed by atoms with Crippen LogP contribution in [0.15, 0.2) is 41.0 Å². The Balaban J connectivity index is 1.33. The average molecular weight is 378 g/mol. The number of anilines is 2. The summed E-state index contributed by atoms with van der Waals surface area (Å²) in [7, 11) is 2.14. The second kappa shape index (κ2) is 7.04. The van der Waals surface area contributed by atoms with Crippen LogP contribution in [-0.4, -0.2) is 88.0 Å². The van der Waals surface area contributed by atoms with Crippen LogP contribution in [0.25, 0.3) is 5.70 Å². The number of H-pyrrole nitrogens is 1. The van der Waals surface area contributed by atoms with Crippen LogP contribution in [0.1, 0.15) is 5.56 Å². The summed E-state index contributed by atoms with van der Waals surface area (Å²) in [5.74, 6) is 2.31. The lowest BCUT2D eigenvalue weighted by Crippen LogP contribution is -2.45. The van der Waals surface area contributed by atoms with E-state index < -0.39 is 0 Å². The van der Waals surface area contributed by atoms with Crippen molar-refractivity contribution < 1.29 is 0 Å². The van der Waals surface area contributed by atoms with Crippen LogP contribution in [0.3, 0.4) is 0 Å². The van der Waals surface area contributed by atoms with Gasteiger partial charge in [0.2, 0.25) is 5.95 Å². The molecule has 2 aromatic rings. The number of likely N-dealkylation sites (N-methyl/N-ethyl adjacent to an activating group) is 1. The van der Waals surface area contributed by atoms with E-state index in [0.29, 0.717) is 5.84 Å². The number of fused-ring (bicyclic) bond motifs is 1. The van der Waals surface area contributed by atoms with Gasteiger partial charge in [-0.15, -0.1) is 0 Å². The van der Waals surface area contributed by atoms with Crippen molar-refractivity contribution in [3.63, 3.8) is 0 Å². The monoisotopic (exact) mass is 378 g/mol. The van der Waals surface area contributed by atoms with Crippen molar-refractivity contribution in [3.05, 3.63) is 36.6 Å². The maximum atomic E-state index is 4.62. The normalized spacial score (nSPS) is 19.8. The number of aliphatic imine (C=N–C) groups is 2. The van der Waals surface area contributed by atoms with Gasteiger partial charge in [-0.1, -0.05) is 0 Å². The number of aromatic amines is 1. The Bertz CT molecular complexity index is 920. The molecule has 0 aliphatic carbocycles. The predicted octanol–water partition coefficient (Wildman–Crippen LogP) is 0.488. The third-order valence-electron chi connectivity index (χ3n) is 5.14. The van der Waals surface area contributed by atoms with Gasteiger partial charge in [-0.25, -0.2) is 15.0 Å². The molecule has 0 atom stereocenters. The minimum Gasteiger partial charge on any atom is -0.338 e. The Kier molecular flexibility index (Phi) is 4.24. The van der Waals surface area contributed by atoms with Crippen LogP contribution in [0.4, 0.5) is 11.6 Å². The summed E-state index contributed by atoms with van der Waals surface area (Å²) in [6, 6.07) is 0. The Morgan fingerprint density at radius 2 is 1.86 bits per heavy atom. The molecule has 0 saturated carbocycles. The Hall–Kier alpha value is -3.27. The van der Waals surface area contributed by atoms with E-state index in [-0.39, 0.29) is 0 Å². The van der Waals surface area contributed by atoms with E-state index in [9.17, 15) is 0 Å². The molecular formula is C18H22N10. The second-order valence-corrected chi connectivity index (χ2v) is 7.02. The molecule has 0 bridgehead atoms. The van der Waals surface area contributed by atoms with E-state index in [4.69, 9.17) is 0 Å². The van der Waals surface area contributed by atoms with Gasteiger partial charge in [0.25, 0.3) is 0 Å². The van der Waals surface area contributed by atoms with Crippen LogP contribution < -0.4 is 10.2 Å². The van der Waals surface area contributed by atoms with Gasteiger partial charge in [-0.2, -0.15) is 5.10 Å². The fourth-order valence-corrected chi connectivity index (χ4v) is 3.54. The molecule has 1 fully saturated rings. The second-order valence-electron chi connectivity index (χ2n) is 7.02. The molecule has 5 heterocycles. The van der Waals surface area contributed by atoms with Crippen LogP contribution >= 0.6 is 0 Å². The first kappa shape index (κ1) is 16.9. The molecule has 10 nitrogen and oxygen atoms in total. The molecule has 28 heavy (non-hydrogen) atoms. The van der Waals surface area contributed by atoms with Gasteiger partial charge in [0.05, 0.1) is 42.7 Å². The van der Waals surface area contributed by atoms with Gasteiger partial charge in [-0.3, -0.25) is 10.1 Å². The maximum Gasteiger partial charge on any atom is 0.225 e. The van der Waals surface area contributed by atoms with Crippen molar-refractivity contribution in [3.8, 4) is 0 Å². The lowest BCUT2D eigenvalue weighted by molar-refractivity contribution is 0.311. The summed E-state index contributed by atoms with van der Waals surface area (Å²) in [5.41, 5.74) is 2.79. The first-order valence-electron chi connectivity index (χ1n) is 9.40. The molecule has 2 N–H and O–H groups in total. The highest BCUT2D eigenvalue weighted by molar-refractivity contribution is 6.46. The fraction of sp³-hybridized carbons (Fsp3) is 0.389. The van der Waals surface area contributed by atoms with E-state index in [2.05, 4.69) is 57.2 Å². The molecule has 5 rings (SSSR count). The summed E-state index contributed by atoms with van der Waals surface area (Å²) in [6.07, 6.45) is 9.11. The van der Waals surface area contributed by atoms with E-state index in [0.717, 1.165) is 68.0 Å². The molecule has 0 aromatic carbocycles. The minimum atomic E-state index is 0.709. The van der Waals surface area contributed by atoms with Crippen LogP contribution in [-0.2, 0) is 0 Å². The maximum absolute atomic E-state index is 4.62. The molecule has 0 spiro atoms. The summed E-state index contributed by atoms with van der Waals surface area (Å²) >= 11 is 0. The molecular weight excluding hydrogens is 356 g/mol. The van der Waals surface area contributed by atoms with Gasteiger partial charge >= 0.3 is 0 Å². The number of hydrogen-bond acceptors (Lipinski definition) is 9. The van der Waals surface area contributed by atoms with E-state index in [1.807, 2.05) is 12.4 Å². The number of hydrogen-bond donors (Lipinski definition) is 2. The van der Waals surface area contributed by atoms with E-state index in [1.54, 1.807) is 18.6 Å². The van der Waals surface area contributed by atoms with E-state index >= 15 is 0 Å². The summed E-state index contributed by atoms with van der Waals surface area (Å²) in [5, 5.41) is 10.2. The van der Waals surface area contributed by atoms with Gasteiger partial charge in [-0.05, 0) is 7.05 Å². The largest absolute Gasteiger partial charge is 0.338 e. The third kappa shape index (κ3) is 3.11. The summed E-state index contributed by atoms with van der Waals surface area (Å²) < 4.78 is 0. The number of nitrogens with zero attached hydrogens (tertiary/aromatic N) is 8. The Labute approximate surface area is 162 Å². The quantitative estimate of drug-likeness (QED) is 0.801. The molecule has 0 radical (unpaired) electrons. The molecule has 3 aliphatic rings. The van der Waals surface area contributed by atoms with E-state index in [1.165, 1.54) is 0 Å². The van der Waals surface area contributed by atoms with Crippen molar-refractivity contribution in [1.82, 2.24) is 30.0 Å². The molecule has 0 unspecified atom stereocenters. The van der Waals surface area contributed by atoms with Gasteiger partial charge < -0.3 is 20.0 Å².